The smallest absolute Gasteiger partial charge is 0.134 e. The molecule has 108 valence electrons. The number of H-pyrrole nitrogens is 1. The van der Waals surface area contributed by atoms with Gasteiger partial charge in [-0.15, -0.1) is 0 Å². The maximum atomic E-state index is 6.24. The Balaban J connectivity index is 1.85. The van der Waals surface area contributed by atoms with Gasteiger partial charge in [-0.3, -0.25) is 4.68 Å². The Hall–Kier alpha value is -2.07. The molecule has 0 unspecified atom stereocenters. The maximum absolute atomic E-state index is 6.24. The Morgan fingerprint density at radius 2 is 2.00 bits per heavy atom. The fourth-order valence-electron chi connectivity index (χ4n) is 2.18. The molecule has 0 aliphatic heterocycles. The quantitative estimate of drug-likeness (QED) is 0.788. The molecule has 0 fully saturated rings. The second kappa shape index (κ2) is 5.74. The van der Waals surface area contributed by atoms with Crippen molar-refractivity contribution in [1.82, 2.24) is 19.7 Å². The summed E-state index contributed by atoms with van der Waals surface area (Å²) in [6, 6.07) is 10.2. The van der Waals surface area contributed by atoms with Crippen LogP contribution in [0.1, 0.15) is 31.2 Å². The molecule has 3 rings (SSSR count). The Labute approximate surface area is 128 Å². The molecule has 0 bridgehead atoms. The van der Waals surface area contributed by atoms with Gasteiger partial charge in [0.2, 0.25) is 0 Å². The van der Waals surface area contributed by atoms with Gasteiger partial charge in [0.1, 0.15) is 16.7 Å². The fourth-order valence-corrected chi connectivity index (χ4v) is 2.42. The Bertz CT molecular complexity index is 728. The first kappa shape index (κ1) is 13.9. The Morgan fingerprint density at radius 3 is 2.67 bits per heavy atom. The summed E-state index contributed by atoms with van der Waals surface area (Å²) in [5.74, 6) is 1.21. The van der Waals surface area contributed by atoms with E-state index in [4.69, 9.17) is 11.6 Å². The van der Waals surface area contributed by atoms with E-state index in [9.17, 15) is 0 Å². The number of nitrogens with one attached hydrogen (secondary N) is 1. The lowest BCUT2D eigenvalue weighted by Crippen LogP contribution is -1.99. The number of aromatic amines is 1. The van der Waals surface area contributed by atoms with Crippen LogP contribution in [0.3, 0.4) is 0 Å². The summed E-state index contributed by atoms with van der Waals surface area (Å²) in [4.78, 5) is 7.68. The molecule has 1 N–H and O–H groups in total. The molecule has 2 aromatic heterocycles. The van der Waals surface area contributed by atoms with Gasteiger partial charge in [0, 0.05) is 17.7 Å². The third-order valence-corrected chi connectivity index (χ3v) is 3.59. The minimum atomic E-state index is 0.315. The fraction of sp³-hybridized carbons (Fsp3) is 0.250. The van der Waals surface area contributed by atoms with Crippen molar-refractivity contribution < 1.29 is 0 Å². The number of aromatic nitrogens is 4. The van der Waals surface area contributed by atoms with Crippen molar-refractivity contribution in [3.63, 3.8) is 0 Å². The molecule has 2 heterocycles. The zero-order valence-corrected chi connectivity index (χ0v) is 12.8. The first-order chi connectivity index (χ1) is 10.1. The average molecular weight is 301 g/mol. The molecular formula is C16H17ClN4. The van der Waals surface area contributed by atoms with E-state index < -0.39 is 0 Å². The predicted octanol–water partition coefficient (Wildman–Crippen LogP) is 4.10. The molecule has 0 atom stereocenters. The molecule has 0 amide bonds. The van der Waals surface area contributed by atoms with E-state index in [2.05, 4.69) is 41.0 Å². The zero-order chi connectivity index (χ0) is 14.8. The molecular weight excluding hydrogens is 284 g/mol. The van der Waals surface area contributed by atoms with Crippen molar-refractivity contribution >= 4 is 11.6 Å². The van der Waals surface area contributed by atoms with Gasteiger partial charge < -0.3 is 4.98 Å². The van der Waals surface area contributed by atoms with Crippen LogP contribution in [-0.2, 0) is 6.54 Å². The predicted molar refractivity (Wildman–Crippen MR) is 84.5 cm³/mol. The molecule has 1 aromatic carbocycles. The summed E-state index contributed by atoms with van der Waals surface area (Å²) in [6.45, 7) is 4.90. The molecule has 4 nitrogen and oxygen atoms in total. The molecule has 0 saturated carbocycles. The van der Waals surface area contributed by atoms with Crippen LogP contribution in [0, 0.1) is 0 Å². The van der Waals surface area contributed by atoms with Crippen molar-refractivity contribution in [2.45, 2.75) is 26.3 Å². The van der Waals surface area contributed by atoms with Crippen LogP contribution in [0.4, 0.5) is 0 Å². The summed E-state index contributed by atoms with van der Waals surface area (Å²) in [7, 11) is 0. The average Bonchev–Trinajstić information content (AvgIpc) is 3.06. The van der Waals surface area contributed by atoms with Crippen LogP contribution >= 0.6 is 11.6 Å². The van der Waals surface area contributed by atoms with Crippen LogP contribution < -0.4 is 0 Å². The summed E-state index contributed by atoms with van der Waals surface area (Å²) in [5.41, 5.74) is 2.90. The van der Waals surface area contributed by atoms with Crippen molar-refractivity contribution in [3.8, 4) is 11.3 Å². The number of hydrogen-bond acceptors (Lipinski definition) is 2. The van der Waals surface area contributed by atoms with Gasteiger partial charge in [0.05, 0.1) is 12.7 Å². The van der Waals surface area contributed by atoms with E-state index in [-0.39, 0.29) is 0 Å². The van der Waals surface area contributed by atoms with Gasteiger partial charge in [-0.2, -0.15) is 5.10 Å². The molecule has 0 aliphatic carbocycles. The molecule has 0 aliphatic rings. The Kier molecular flexibility index (Phi) is 3.80. The lowest BCUT2D eigenvalue weighted by Gasteiger charge is -2.00. The number of rotatable bonds is 4. The van der Waals surface area contributed by atoms with Crippen molar-refractivity contribution in [1.29, 1.82) is 0 Å². The van der Waals surface area contributed by atoms with Crippen LogP contribution in [0.2, 0.25) is 5.15 Å². The molecule has 0 radical (unpaired) electrons. The van der Waals surface area contributed by atoms with Crippen LogP contribution in [0.25, 0.3) is 11.3 Å². The molecule has 5 heteroatoms. The van der Waals surface area contributed by atoms with Crippen molar-refractivity contribution in [3.05, 3.63) is 59.3 Å². The maximum Gasteiger partial charge on any atom is 0.134 e. The first-order valence-electron chi connectivity index (χ1n) is 6.95. The number of halogens is 1. The lowest BCUT2D eigenvalue weighted by atomic mass is 10.2. The highest BCUT2D eigenvalue weighted by Gasteiger charge is 2.14. The van der Waals surface area contributed by atoms with E-state index in [0.29, 0.717) is 11.1 Å². The molecule has 0 saturated heterocycles. The third kappa shape index (κ3) is 3.00. The number of benzene rings is 1. The number of imidazole rings is 1. The van der Waals surface area contributed by atoms with Gasteiger partial charge in [0.25, 0.3) is 0 Å². The van der Waals surface area contributed by atoms with Crippen LogP contribution in [0.15, 0.2) is 42.7 Å². The second-order valence-electron chi connectivity index (χ2n) is 5.35. The monoisotopic (exact) mass is 300 g/mol. The normalized spacial score (nSPS) is 11.2. The SMILES string of the molecule is CC(C)c1nc(-c2cnn(Cc3ccccc3)c2)c(Cl)[nH]1. The molecule has 0 spiro atoms. The summed E-state index contributed by atoms with van der Waals surface area (Å²) < 4.78 is 1.89. The van der Waals surface area contributed by atoms with Gasteiger partial charge in [-0.05, 0) is 5.56 Å². The largest absolute Gasteiger partial charge is 0.332 e. The highest BCUT2D eigenvalue weighted by atomic mass is 35.5. The van der Waals surface area contributed by atoms with Gasteiger partial charge >= 0.3 is 0 Å². The van der Waals surface area contributed by atoms with Gasteiger partial charge in [-0.25, -0.2) is 4.98 Å². The van der Waals surface area contributed by atoms with Gasteiger partial charge in [0.15, 0.2) is 0 Å². The topological polar surface area (TPSA) is 46.5 Å². The van der Waals surface area contributed by atoms with E-state index in [1.54, 1.807) is 6.20 Å². The highest BCUT2D eigenvalue weighted by Crippen LogP contribution is 2.27. The van der Waals surface area contributed by atoms with E-state index >= 15 is 0 Å². The number of nitrogens with zero attached hydrogens (tertiary/aromatic N) is 3. The van der Waals surface area contributed by atoms with E-state index in [1.165, 1.54) is 5.56 Å². The van der Waals surface area contributed by atoms with Gasteiger partial charge in [-0.1, -0.05) is 55.8 Å². The van der Waals surface area contributed by atoms with Crippen molar-refractivity contribution in [2.75, 3.05) is 0 Å². The minimum absolute atomic E-state index is 0.315. The molecule has 3 aromatic rings. The second-order valence-corrected chi connectivity index (χ2v) is 5.73. The van der Waals surface area contributed by atoms with Crippen LogP contribution in [0.5, 0.6) is 0 Å². The minimum Gasteiger partial charge on any atom is -0.332 e. The highest BCUT2D eigenvalue weighted by molar-refractivity contribution is 6.31. The lowest BCUT2D eigenvalue weighted by molar-refractivity contribution is 0.687. The summed E-state index contributed by atoms with van der Waals surface area (Å²) >= 11 is 6.24. The number of hydrogen-bond donors (Lipinski definition) is 1. The van der Waals surface area contributed by atoms with E-state index in [1.807, 2.05) is 29.1 Å². The van der Waals surface area contributed by atoms with Crippen molar-refractivity contribution in [2.24, 2.45) is 0 Å². The zero-order valence-electron chi connectivity index (χ0n) is 12.0. The Morgan fingerprint density at radius 1 is 1.24 bits per heavy atom. The third-order valence-electron chi connectivity index (χ3n) is 3.32. The first-order valence-corrected chi connectivity index (χ1v) is 7.33. The summed E-state index contributed by atoms with van der Waals surface area (Å²) in [5, 5.41) is 4.95. The standard InChI is InChI=1S/C16H17ClN4/c1-11(2)16-19-14(15(17)20-16)13-8-18-21(10-13)9-12-6-4-3-5-7-12/h3-8,10-11H,9H2,1-2H3,(H,19,20). The van der Waals surface area contributed by atoms with Crippen LogP contribution in [-0.4, -0.2) is 19.7 Å². The van der Waals surface area contributed by atoms with E-state index in [0.717, 1.165) is 23.6 Å². The molecule has 21 heavy (non-hydrogen) atoms. The summed E-state index contributed by atoms with van der Waals surface area (Å²) in [6.07, 6.45) is 3.77.